The predicted molar refractivity (Wildman–Crippen MR) is 205 cm³/mol. The Balaban J connectivity index is 0.000000461. The third-order valence-corrected chi connectivity index (χ3v) is 13.6. The third kappa shape index (κ3) is 8.45. The van der Waals surface area contributed by atoms with E-state index in [4.69, 9.17) is 15.0 Å². The maximum absolute atomic E-state index is 5.02. The molecule has 1 aromatic rings. The lowest BCUT2D eigenvalue weighted by Crippen LogP contribution is -2.62. The summed E-state index contributed by atoms with van der Waals surface area (Å²) in [6.45, 7) is 35.0. The lowest BCUT2D eigenvalue weighted by Gasteiger charge is -2.56. The van der Waals surface area contributed by atoms with Crippen molar-refractivity contribution in [2.75, 3.05) is 45.0 Å². The second kappa shape index (κ2) is 13.7. The van der Waals surface area contributed by atoms with Gasteiger partial charge in [0.1, 0.15) is 5.82 Å². The highest BCUT2D eigenvalue weighted by Gasteiger charge is 2.47. The summed E-state index contributed by atoms with van der Waals surface area (Å²) in [5.74, 6) is 3.98. The number of aryl methyl sites for hydroxylation is 1. The zero-order chi connectivity index (χ0) is 35.6. The lowest BCUT2D eigenvalue weighted by molar-refractivity contribution is -0.0661. The molecule has 4 heterocycles. The second-order valence-corrected chi connectivity index (χ2v) is 19.2. The highest BCUT2D eigenvalue weighted by Crippen LogP contribution is 2.44. The first-order valence-electron chi connectivity index (χ1n) is 18.0. The molecule has 3 fully saturated rings. The molecular weight excluding hydrogens is 580 g/mol. The van der Waals surface area contributed by atoms with E-state index in [-0.39, 0.29) is 29.6 Å². The number of hydrogen-bond donors (Lipinski definition) is 0. The first-order chi connectivity index (χ1) is 20.6. The molecule has 8 heteroatoms. The predicted octanol–water partition coefficient (Wildman–Crippen LogP) is 8.14. The molecule has 0 amide bonds. The summed E-state index contributed by atoms with van der Waals surface area (Å²) in [7, 11) is 11.1. The molecule has 3 aliphatic rings. The summed E-state index contributed by atoms with van der Waals surface area (Å²) in [4.78, 5) is 26.7. The molecule has 3 aliphatic heterocycles. The molecule has 8 nitrogen and oxygen atoms in total. The van der Waals surface area contributed by atoms with E-state index in [0.717, 1.165) is 55.2 Å². The Kier molecular flexibility index (Phi) is 12.1. The molecule has 0 radical (unpaired) electrons. The summed E-state index contributed by atoms with van der Waals surface area (Å²) in [6, 6.07) is 0.764. The quantitative estimate of drug-likeness (QED) is 0.321. The maximum atomic E-state index is 5.02. The van der Waals surface area contributed by atoms with Crippen molar-refractivity contribution in [3.05, 3.63) is 5.82 Å². The Labute approximate surface area is 292 Å². The molecule has 1 aromatic heterocycles. The summed E-state index contributed by atoms with van der Waals surface area (Å²) < 4.78 is 0. The van der Waals surface area contributed by atoms with Crippen molar-refractivity contribution >= 4 is 11.9 Å². The van der Waals surface area contributed by atoms with Gasteiger partial charge in [-0.15, -0.1) is 0 Å². The van der Waals surface area contributed by atoms with Gasteiger partial charge < -0.3 is 9.80 Å². The normalized spacial score (nSPS) is 28.9. The van der Waals surface area contributed by atoms with Crippen molar-refractivity contribution in [3.63, 3.8) is 0 Å². The van der Waals surface area contributed by atoms with Crippen LogP contribution < -0.4 is 9.80 Å². The van der Waals surface area contributed by atoms with Crippen LogP contribution in [0, 0.1) is 18.8 Å². The largest absolute Gasteiger partial charge is 0.341 e. The first-order valence-corrected chi connectivity index (χ1v) is 18.0. The average molecular weight is 659 g/mol. The van der Waals surface area contributed by atoms with Crippen molar-refractivity contribution < 1.29 is 0 Å². The van der Waals surface area contributed by atoms with Crippen LogP contribution in [0.3, 0.4) is 0 Å². The summed E-state index contributed by atoms with van der Waals surface area (Å²) in [6.07, 6.45) is 5.63. The molecule has 2 atom stereocenters. The lowest BCUT2D eigenvalue weighted by atomic mass is 9.68. The van der Waals surface area contributed by atoms with Crippen molar-refractivity contribution in [1.82, 2.24) is 29.7 Å². The molecule has 0 aromatic carbocycles. The van der Waals surface area contributed by atoms with Crippen LogP contribution in [0.15, 0.2) is 0 Å². The van der Waals surface area contributed by atoms with Crippen molar-refractivity contribution in [3.8, 4) is 0 Å². The van der Waals surface area contributed by atoms with Crippen LogP contribution in [0.1, 0.15) is 142 Å². The molecule has 0 N–H and O–H groups in total. The van der Waals surface area contributed by atoms with Crippen molar-refractivity contribution in [2.24, 2.45) is 11.8 Å². The molecule has 0 bridgehead atoms. The zero-order valence-corrected chi connectivity index (χ0v) is 33.9. The van der Waals surface area contributed by atoms with Crippen LogP contribution in [0.4, 0.5) is 11.9 Å². The number of anilines is 2. The Hall–Kier alpha value is -1.51. The number of piperidine rings is 3. The molecule has 4 rings (SSSR count). The van der Waals surface area contributed by atoms with E-state index >= 15 is 0 Å². The van der Waals surface area contributed by atoms with Gasteiger partial charge in [-0.2, -0.15) is 15.0 Å². The maximum Gasteiger partial charge on any atom is 0.230 e. The molecule has 47 heavy (non-hydrogen) atoms. The Morgan fingerprint density at radius 2 is 0.830 bits per heavy atom. The van der Waals surface area contributed by atoms with E-state index in [1.807, 2.05) is 6.92 Å². The van der Waals surface area contributed by atoms with Crippen LogP contribution >= 0.6 is 0 Å². The number of rotatable bonds is 4. The molecular formula is C39H78N8. The van der Waals surface area contributed by atoms with Crippen LogP contribution in [-0.2, 0) is 0 Å². The summed E-state index contributed by atoms with van der Waals surface area (Å²) in [5, 5.41) is 0. The molecule has 3 saturated heterocycles. The Morgan fingerprint density at radius 1 is 0.532 bits per heavy atom. The Morgan fingerprint density at radius 3 is 1.15 bits per heavy atom. The van der Waals surface area contributed by atoms with E-state index < -0.39 is 0 Å². The monoisotopic (exact) mass is 659 g/mol. The SMILES string of the molecule is C.CC1CC(C)(C)N(C)C(C)(C)C1C.Cc1nc(N(C)C2CC(C)(C)N(C)C(C)(C)C2)nc(N(C)C2CC(C)(C)N(C)C(C)(C)C2)n1. The van der Waals surface area contributed by atoms with E-state index in [1.54, 1.807) is 0 Å². The highest BCUT2D eigenvalue weighted by molar-refractivity contribution is 5.40. The van der Waals surface area contributed by atoms with Crippen molar-refractivity contribution in [1.29, 1.82) is 0 Å². The van der Waals surface area contributed by atoms with E-state index in [0.29, 0.717) is 23.2 Å². The van der Waals surface area contributed by atoms with Gasteiger partial charge in [0.05, 0.1) is 0 Å². The number of likely N-dealkylation sites (tertiary alicyclic amines) is 3. The van der Waals surface area contributed by atoms with E-state index in [1.165, 1.54) is 6.42 Å². The van der Waals surface area contributed by atoms with Gasteiger partial charge in [-0.05, 0) is 155 Å². The van der Waals surface area contributed by atoms with E-state index in [9.17, 15) is 0 Å². The number of aromatic nitrogens is 3. The second-order valence-electron chi connectivity index (χ2n) is 19.2. The number of nitrogens with zero attached hydrogens (tertiary/aromatic N) is 8. The van der Waals surface area contributed by atoms with Gasteiger partial charge in [-0.1, -0.05) is 21.3 Å². The van der Waals surface area contributed by atoms with Gasteiger partial charge in [-0.25, -0.2) is 0 Å². The third-order valence-electron chi connectivity index (χ3n) is 13.6. The molecule has 0 aliphatic carbocycles. The van der Waals surface area contributed by atoms with Gasteiger partial charge in [0, 0.05) is 59.4 Å². The van der Waals surface area contributed by atoms with Crippen LogP contribution in [-0.4, -0.2) is 110 Å². The minimum Gasteiger partial charge on any atom is -0.341 e. The summed E-state index contributed by atoms with van der Waals surface area (Å²) in [5.41, 5.74) is 1.17. The first kappa shape index (κ1) is 41.7. The molecule has 0 saturated carbocycles. The van der Waals surface area contributed by atoms with Crippen LogP contribution in [0.2, 0.25) is 0 Å². The van der Waals surface area contributed by atoms with Gasteiger partial charge in [0.25, 0.3) is 0 Å². The Bertz CT molecular complexity index is 1100. The fourth-order valence-corrected chi connectivity index (χ4v) is 9.16. The van der Waals surface area contributed by atoms with Gasteiger partial charge in [-0.3, -0.25) is 14.7 Å². The standard InChI is InChI=1S/C26H49N7.C12H25N.CH4/c1-18-27-21(30(10)19-14-23(2,3)32(12)24(4,5)15-19)29-22(28-18)31(11)20-16-25(6,7)33(13)26(8,9)17-20;1-9-8-11(3,4)13(7)12(5,6)10(9)2;/h19-20H,14-17H2,1-13H3;9-10H,8H2,1-7H3;1H4. The van der Waals surface area contributed by atoms with Gasteiger partial charge >= 0.3 is 0 Å². The average Bonchev–Trinajstić information content (AvgIpc) is 2.91. The minimum absolute atomic E-state index is 0. The van der Waals surface area contributed by atoms with Crippen LogP contribution in [0.25, 0.3) is 0 Å². The molecule has 2 unspecified atom stereocenters. The van der Waals surface area contributed by atoms with Crippen LogP contribution in [0.5, 0.6) is 0 Å². The van der Waals surface area contributed by atoms with Gasteiger partial charge in [0.15, 0.2) is 0 Å². The number of hydrogen-bond acceptors (Lipinski definition) is 8. The molecule has 274 valence electrons. The topological polar surface area (TPSA) is 54.9 Å². The van der Waals surface area contributed by atoms with Crippen molar-refractivity contribution in [2.45, 2.75) is 189 Å². The fourth-order valence-electron chi connectivity index (χ4n) is 9.16. The minimum atomic E-state index is 0. The highest BCUT2D eigenvalue weighted by atomic mass is 15.4. The summed E-state index contributed by atoms with van der Waals surface area (Å²) >= 11 is 0. The fraction of sp³-hybridized carbons (Fsp3) is 0.923. The molecule has 0 spiro atoms. The van der Waals surface area contributed by atoms with E-state index in [2.05, 4.69) is 157 Å². The zero-order valence-electron chi connectivity index (χ0n) is 33.9. The smallest absolute Gasteiger partial charge is 0.230 e. The van der Waals surface area contributed by atoms with Gasteiger partial charge in [0.2, 0.25) is 11.9 Å².